The van der Waals surface area contributed by atoms with E-state index in [1.807, 2.05) is 66.7 Å². The largest absolute Gasteiger partial charge is 0.389 e. The number of hydrogen-bond acceptors (Lipinski definition) is 3. The average Bonchev–Trinajstić information content (AvgIpc) is 3.20. The topological polar surface area (TPSA) is 37.8 Å². The first-order chi connectivity index (χ1) is 25.9. The molecular weight excluding hydrogens is 641 g/mol. The third-order valence-electron chi connectivity index (χ3n) is 8.79. The van der Waals surface area contributed by atoms with Crippen molar-refractivity contribution in [3.05, 3.63) is 137 Å². The van der Waals surface area contributed by atoms with E-state index in [-0.39, 0.29) is 0 Å². The fraction of sp³-hybridized carbons (Fsp3) is 0.429. The van der Waals surface area contributed by atoms with Gasteiger partial charge < -0.3 is 5.32 Å². The van der Waals surface area contributed by atoms with Gasteiger partial charge in [0.05, 0.1) is 5.52 Å². The van der Waals surface area contributed by atoms with Crippen LogP contribution in [0.25, 0.3) is 22.0 Å². The van der Waals surface area contributed by atoms with Gasteiger partial charge in [-0.15, -0.1) is 0 Å². The van der Waals surface area contributed by atoms with E-state index in [1.165, 1.54) is 77.3 Å². The Labute approximate surface area is 326 Å². The van der Waals surface area contributed by atoms with Crippen molar-refractivity contribution >= 4 is 24.2 Å². The van der Waals surface area contributed by atoms with Crippen molar-refractivity contribution in [2.75, 3.05) is 6.54 Å². The van der Waals surface area contributed by atoms with Crippen LogP contribution in [0.3, 0.4) is 0 Å². The number of aryl methyl sites for hydroxylation is 5. The van der Waals surface area contributed by atoms with Gasteiger partial charge in [-0.25, -0.2) is 9.97 Å². The highest BCUT2D eigenvalue weighted by Crippen LogP contribution is 2.24. The highest BCUT2D eigenvalue weighted by atomic mass is 14.9. The quantitative estimate of drug-likeness (QED) is 0.0868. The van der Waals surface area contributed by atoms with Gasteiger partial charge in [0.15, 0.2) is 0 Å². The van der Waals surface area contributed by atoms with Gasteiger partial charge in [-0.3, -0.25) is 0 Å². The number of nitrogens with one attached hydrogen (secondary N) is 1. The Kier molecular flexibility index (Phi) is 25.1. The van der Waals surface area contributed by atoms with Crippen LogP contribution in [0.1, 0.15) is 128 Å². The molecule has 0 bridgehead atoms. The standard InChI is InChI=1S/C35H43N3.C8H9B.3C2H6/c1-5-30-24-34-27(3)37-28(4)38-35(34)25-33(30)17-11-8-6-7-9-14-22-36-26(2)23-29-18-20-32(21-19-29)31-15-12-10-13-16-31;1-2-7-4-3-5-8(9)6-7;3*1-2/h10,12-13,15-16,18-21,24-25,36H,2,5-9,11,14,17,22-23H2,1,3-4H3;3-6H,2H2,1H3;3*1-2H3. The minimum absolute atomic E-state index is 0.856. The maximum absolute atomic E-state index is 5.53. The maximum atomic E-state index is 5.53. The molecule has 0 unspecified atom stereocenters. The molecule has 0 spiro atoms. The summed E-state index contributed by atoms with van der Waals surface area (Å²) in [5.74, 6) is 0.862. The first-order valence-electron chi connectivity index (χ1n) is 20.5. The number of benzene rings is 4. The van der Waals surface area contributed by atoms with Gasteiger partial charge in [0.25, 0.3) is 0 Å². The molecule has 5 rings (SSSR count). The van der Waals surface area contributed by atoms with Crippen LogP contribution in [0.4, 0.5) is 0 Å². The summed E-state index contributed by atoms with van der Waals surface area (Å²) in [5, 5.41) is 4.73. The minimum Gasteiger partial charge on any atom is -0.389 e. The van der Waals surface area contributed by atoms with Gasteiger partial charge in [-0.2, -0.15) is 0 Å². The zero-order valence-electron chi connectivity index (χ0n) is 35.1. The van der Waals surface area contributed by atoms with Gasteiger partial charge in [-0.05, 0) is 91.5 Å². The molecule has 1 aromatic heterocycles. The fourth-order valence-corrected chi connectivity index (χ4v) is 6.10. The first-order valence-corrected chi connectivity index (χ1v) is 20.5. The van der Waals surface area contributed by atoms with E-state index in [0.29, 0.717) is 0 Å². The van der Waals surface area contributed by atoms with Gasteiger partial charge in [-0.1, -0.05) is 172 Å². The van der Waals surface area contributed by atoms with Crippen molar-refractivity contribution in [2.45, 2.75) is 133 Å². The SMILES string of the molecule is C=C(Cc1ccc(-c2ccccc2)cc1)NCCCCCCCCc1cc2nc(C)nc(C)c2cc1CC.CC.CC.CC.[B]c1cccc(CC)c1. The first kappa shape index (κ1) is 46.8. The number of allylic oxidation sites excluding steroid dienone is 1. The summed E-state index contributed by atoms with van der Waals surface area (Å²) in [5.41, 5.74) is 12.2. The van der Waals surface area contributed by atoms with Crippen molar-refractivity contribution in [3.63, 3.8) is 0 Å². The molecule has 53 heavy (non-hydrogen) atoms. The number of fused-ring (bicyclic) bond motifs is 1. The van der Waals surface area contributed by atoms with E-state index >= 15 is 0 Å². The number of rotatable bonds is 15. The maximum Gasteiger partial charge on any atom is 0.126 e. The lowest BCUT2D eigenvalue weighted by Crippen LogP contribution is -2.15. The summed E-state index contributed by atoms with van der Waals surface area (Å²) in [6.07, 6.45) is 11.8. The lowest BCUT2D eigenvalue weighted by atomic mass is 9.94. The Bertz CT molecular complexity index is 1690. The van der Waals surface area contributed by atoms with E-state index in [9.17, 15) is 0 Å². The summed E-state index contributed by atoms with van der Waals surface area (Å²) in [7, 11) is 5.53. The minimum atomic E-state index is 0.856. The van der Waals surface area contributed by atoms with Crippen molar-refractivity contribution in [1.29, 1.82) is 0 Å². The lowest BCUT2D eigenvalue weighted by molar-refractivity contribution is 0.580. The summed E-state index contributed by atoms with van der Waals surface area (Å²) in [6.45, 7) is 25.7. The Morgan fingerprint density at radius 1 is 0.623 bits per heavy atom. The monoisotopic (exact) mass is 712 g/mol. The number of nitrogens with zero attached hydrogens (tertiary/aromatic N) is 2. The van der Waals surface area contributed by atoms with Gasteiger partial charge in [0.1, 0.15) is 13.7 Å². The predicted molar refractivity (Wildman–Crippen MR) is 238 cm³/mol. The summed E-state index contributed by atoms with van der Waals surface area (Å²) < 4.78 is 0. The fourth-order valence-electron chi connectivity index (χ4n) is 6.10. The van der Waals surface area contributed by atoms with E-state index in [4.69, 9.17) is 7.85 Å². The third-order valence-corrected chi connectivity index (χ3v) is 8.79. The van der Waals surface area contributed by atoms with Crippen molar-refractivity contribution in [1.82, 2.24) is 15.3 Å². The molecule has 1 heterocycles. The zero-order valence-corrected chi connectivity index (χ0v) is 35.1. The Balaban J connectivity index is 0.000000794. The Hall–Kier alpha value is -4.18. The average molecular weight is 712 g/mol. The third kappa shape index (κ3) is 17.5. The van der Waals surface area contributed by atoms with Crippen LogP contribution in [0.15, 0.2) is 103 Å². The van der Waals surface area contributed by atoms with Crippen molar-refractivity contribution in [3.8, 4) is 11.1 Å². The summed E-state index contributed by atoms with van der Waals surface area (Å²) >= 11 is 0. The molecular formula is C49H70BN3. The number of unbranched alkanes of at least 4 members (excludes halogenated alkanes) is 5. The molecule has 5 aromatic rings. The van der Waals surface area contributed by atoms with Gasteiger partial charge in [0.2, 0.25) is 0 Å². The molecule has 4 aromatic carbocycles. The molecule has 3 nitrogen and oxygen atoms in total. The Morgan fingerprint density at radius 2 is 1.25 bits per heavy atom. The highest BCUT2D eigenvalue weighted by molar-refractivity contribution is 6.32. The van der Waals surface area contributed by atoms with Crippen LogP contribution < -0.4 is 10.8 Å². The molecule has 284 valence electrons. The van der Waals surface area contributed by atoms with E-state index in [2.05, 4.69) is 115 Å². The smallest absolute Gasteiger partial charge is 0.126 e. The zero-order chi connectivity index (χ0) is 39.4. The normalized spacial score (nSPS) is 9.92. The predicted octanol–water partition coefficient (Wildman–Crippen LogP) is 12.8. The molecule has 4 heteroatoms. The summed E-state index contributed by atoms with van der Waals surface area (Å²) in [6, 6.07) is 32.0. The number of aromatic nitrogens is 2. The molecule has 0 saturated carbocycles. The molecule has 0 aliphatic rings. The molecule has 0 fully saturated rings. The van der Waals surface area contributed by atoms with E-state index < -0.39 is 0 Å². The van der Waals surface area contributed by atoms with Crippen LogP contribution in [0.5, 0.6) is 0 Å². The molecule has 0 aliphatic heterocycles. The molecule has 1 N–H and O–H groups in total. The van der Waals surface area contributed by atoms with Crippen molar-refractivity contribution in [2.24, 2.45) is 0 Å². The number of hydrogen-bond donors (Lipinski definition) is 1. The van der Waals surface area contributed by atoms with Crippen LogP contribution in [-0.2, 0) is 25.7 Å². The molecule has 0 aliphatic carbocycles. The van der Waals surface area contributed by atoms with Crippen LogP contribution in [0, 0.1) is 13.8 Å². The molecule has 0 amide bonds. The summed E-state index contributed by atoms with van der Waals surface area (Å²) in [4.78, 5) is 9.23. The molecule has 0 saturated heterocycles. The Morgan fingerprint density at radius 3 is 1.85 bits per heavy atom. The van der Waals surface area contributed by atoms with E-state index in [0.717, 1.165) is 60.4 Å². The second kappa shape index (κ2) is 28.3. The van der Waals surface area contributed by atoms with Gasteiger partial charge in [0, 0.05) is 29.7 Å². The van der Waals surface area contributed by atoms with E-state index in [1.54, 1.807) is 0 Å². The van der Waals surface area contributed by atoms with Crippen LogP contribution >= 0.6 is 0 Å². The van der Waals surface area contributed by atoms with Crippen molar-refractivity contribution < 1.29 is 0 Å². The molecule has 2 radical (unpaired) electrons. The lowest BCUT2D eigenvalue weighted by Gasteiger charge is -2.12. The van der Waals surface area contributed by atoms with Crippen LogP contribution in [0.2, 0.25) is 0 Å². The van der Waals surface area contributed by atoms with Gasteiger partial charge >= 0.3 is 0 Å². The second-order valence-corrected chi connectivity index (χ2v) is 12.6. The second-order valence-electron chi connectivity index (χ2n) is 12.6. The highest BCUT2D eigenvalue weighted by Gasteiger charge is 2.08. The molecule has 0 atom stereocenters. The van der Waals surface area contributed by atoms with Crippen LogP contribution in [-0.4, -0.2) is 24.4 Å².